The van der Waals surface area contributed by atoms with E-state index < -0.39 is 60.2 Å². The molecule has 4 atom stereocenters. The van der Waals surface area contributed by atoms with Gasteiger partial charge in [0.05, 0.1) is 13.1 Å². The van der Waals surface area contributed by atoms with E-state index >= 15 is 0 Å². The third-order valence-corrected chi connectivity index (χ3v) is 9.18. The van der Waals surface area contributed by atoms with Gasteiger partial charge in [-0.05, 0) is 55.0 Å². The fourth-order valence-corrected chi connectivity index (χ4v) is 6.56. The molecule has 53 heavy (non-hydrogen) atoms. The number of aliphatic imine (C=N–C) groups is 2. The third kappa shape index (κ3) is 9.93. The summed E-state index contributed by atoms with van der Waals surface area (Å²) in [5, 5.41) is 21.6. The molecule has 0 saturated carbocycles. The van der Waals surface area contributed by atoms with Crippen molar-refractivity contribution in [2.24, 2.45) is 32.9 Å². The van der Waals surface area contributed by atoms with Crippen LogP contribution in [0.1, 0.15) is 42.5 Å². The molecule has 0 radical (unpaired) electrons. The number of hydrogen-bond donors (Lipinski definition) is 10. The highest BCUT2D eigenvalue weighted by Gasteiger charge is 2.40. The summed E-state index contributed by atoms with van der Waals surface area (Å²) < 4.78 is 0. The lowest BCUT2D eigenvalue weighted by Gasteiger charge is -2.37. The summed E-state index contributed by atoms with van der Waals surface area (Å²) in [6.45, 7) is -0.130. The van der Waals surface area contributed by atoms with Gasteiger partial charge in [0.2, 0.25) is 29.5 Å². The maximum Gasteiger partial charge on any atom is 0.246 e. The first-order valence-corrected chi connectivity index (χ1v) is 17.3. The lowest BCUT2D eigenvalue weighted by molar-refractivity contribution is -0.145. The van der Waals surface area contributed by atoms with Gasteiger partial charge in [0, 0.05) is 42.5 Å². The van der Waals surface area contributed by atoms with Crippen molar-refractivity contribution in [3.05, 3.63) is 65.4 Å². The van der Waals surface area contributed by atoms with E-state index in [9.17, 15) is 29.1 Å². The SMILES string of the molecule is NC(N)=NCCC[C@@H]1NC(=O)[C@@H](Cc2ccc(O)cc2)NC(=O)CNC(=O)[C@@H]2Cc3c([nH]c4ccccc34)CN2C(=O)[C@H](CCCN=C(N)N)NC1=O. The lowest BCUT2D eigenvalue weighted by atomic mass is 9.94. The monoisotopic (exact) mass is 730 g/mol. The lowest BCUT2D eigenvalue weighted by Crippen LogP contribution is -2.59. The number of nitrogens with zero attached hydrogens (tertiary/aromatic N) is 3. The number of phenolic OH excluding ortho intramolecular Hbond substituents is 1. The van der Waals surface area contributed by atoms with Crippen molar-refractivity contribution in [1.82, 2.24) is 31.2 Å². The molecule has 2 aliphatic rings. The van der Waals surface area contributed by atoms with Crippen LogP contribution < -0.4 is 44.2 Å². The Labute approximate surface area is 305 Å². The standard InChI is InChI=1S/C35H46N12O6/c36-34(37)40-13-3-7-24-30(50)46-25(8-4-14-41-35(38)39)33(53)47-18-27-22(21-5-1-2-6-23(21)43-27)16-28(47)32(52)42-17-29(49)44-26(31(51)45-24)15-19-9-11-20(48)12-10-19/h1-2,5-6,9-12,24-26,28,43,48H,3-4,7-8,13-18H2,(H,42,52)(H,44,49)(H,45,51)(H,46,50)(H4,36,37,40)(H4,38,39,41)/t24-,25-,26+,28-/m0/s1. The topological polar surface area (TPSA) is 302 Å². The summed E-state index contributed by atoms with van der Waals surface area (Å²) in [6, 6.07) is 9.14. The number of carbonyl (C=O) groups excluding carboxylic acids is 5. The number of benzene rings is 2. The Kier molecular flexibility index (Phi) is 12.3. The second-order valence-electron chi connectivity index (χ2n) is 13.0. The smallest absolute Gasteiger partial charge is 0.246 e. The second kappa shape index (κ2) is 17.3. The minimum absolute atomic E-state index is 0.000213. The van der Waals surface area contributed by atoms with Crippen molar-refractivity contribution < 1.29 is 29.1 Å². The van der Waals surface area contributed by atoms with Crippen LogP contribution in [0.25, 0.3) is 10.9 Å². The molecule has 0 unspecified atom stereocenters. The van der Waals surface area contributed by atoms with Gasteiger partial charge in [-0.25, -0.2) is 0 Å². The molecule has 1 fully saturated rings. The van der Waals surface area contributed by atoms with Crippen molar-refractivity contribution in [1.29, 1.82) is 0 Å². The van der Waals surface area contributed by atoms with Crippen LogP contribution in [0.3, 0.4) is 0 Å². The van der Waals surface area contributed by atoms with Gasteiger partial charge in [0.15, 0.2) is 11.9 Å². The number of nitrogens with one attached hydrogen (secondary N) is 5. The molecule has 18 heteroatoms. The number of amides is 5. The van der Waals surface area contributed by atoms with Crippen LogP contribution >= 0.6 is 0 Å². The number of phenols is 1. The van der Waals surface area contributed by atoms with Crippen LogP contribution in [0.5, 0.6) is 5.75 Å². The third-order valence-electron chi connectivity index (χ3n) is 9.18. The molecule has 282 valence electrons. The highest BCUT2D eigenvalue weighted by molar-refractivity contribution is 5.98. The van der Waals surface area contributed by atoms with E-state index in [2.05, 4.69) is 36.2 Å². The Morgan fingerprint density at radius 1 is 0.774 bits per heavy atom. The maximum atomic E-state index is 14.5. The number of nitrogens with two attached hydrogens (primary N) is 4. The molecule has 14 N–H and O–H groups in total. The largest absolute Gasteiger partial charge is 0.508 e. The quantitative estimate of drug-likeness (QED) is 0.0625. The molecule has 0 aliphatic carbocycles. The molecule has 1 saturated heterocycles. The van der Waals surface area contributed by atoms with Crippen LogP contribution in [-0.2, 0) is 43.4 Å². The molecule has 2 aliphatic heterocycles. The van der Waals surface area contributed by atoms with E-state index in [4.69, 9.17) is 22.9 Å². The number of aromatic hydroxyl groups is 1. The Morgan fingerprint density at radius 3 is 2.08 bits per heavy atom. The number of para-hydroxylation sites is 1. The molecule has 5 rings (SSSR count). The van der Waals surface area contributed by atoms with Gasteiger partial charge in [0.1, 0.15) is 29.9 Å². The summed E-state index contributed by atoms with van der Waals surface area (Å²) in [5.74, 6) is -3.39. The van der Waals surface area contributed by atoms with Crippen molar-refractivity contribution >= 4 is 52.4 Å². The van der Waals surface area contributed by atoms with Gasteiger partial charge >= 0.3 is 0 Å². The van der Waals surface area contributed by atoms with Crippen LogP contribution in [0.15, 0.2) is 58.5 Å². The Hall–Kier alpha value is -6.33. The van der Waals surface area contributed by atoms with Gasteiger partial charge in [-0.2, -0.15) is 0 Å². The van der Waals surface area contributed by atoms with Crippen molar-refractivity contribution in [3.8, 4) is 5.75 Å². The first-order chi connectivity index (χ1) is 25.4. The molecule has 3 heterocycles. The molecule has 0 spiro atoms. The second-order valence-corrected chi connectivity index (χ2v) is 13.0. The highest BCUT2D eigenvalue weighted by Crippen LogP contribution is 2.31. The van der Waals surface area contributed by atoms with E-state index in [1.807, 2.05) is 24.3 Å². The average molecular weight is 731 g/mol. The highest BCUT2D eigenvalue weighted by atomic mass is 16.3. The Morgan fingerprint density at radius 2 is 1.40 bits per heavy atom. The van der Waals surface area contributed by atoms with E-state index in [0.717, 1.165) is 22.2 Å². The van der Waals surface area contributed by atoms with E-state index in [1.165, 1.54) is 17.0 Å². The maximum absolute atomic E-state index is 14.5. The van der Waals surface area contributed by atoms with Gasteiger partial charge in [0.25, 0.3) is 0 Å². The minimum atomic E-state index is -1.18. The minimum Gasteiger partial charge on any atom is -0.508 e. The van der Waals surface area contributed by atoms with E-state index in [1.54, 1.807) is 12.1 Å². The molecule has 5 amide bonds. The number of guanidine groups is 2. The van der Waals surface area contributed by atoms with Crippen molar-refractivity contribution in [2.45, 2.75) is 69.2 Å². The van der Waals surface area contributed by atoms with E-state index in [0.29, 0.717) is 12.0 Å². The molecular weight excluding hydrogens is 684 g/mol. The summed E-state index contributed by atoms with van der Waals surface area (Å²) >= 11 is 0. The van der Waals surface area contributed by atoms with Gasteiger partial charge in [-0.1, -0.05) is 30.3 Å². The predicted molar refractivity (Wildman–Crippen MR) is 197 cm³/mol. The van der Waals surface area contributed by atoms with Gasteiger partial charge in [-0.3, -0.25) is 34.0 Å². The van der Waals surface area contributed by atoms with Crippen molar-refractivity contribution in [3.63, 3.8) is 0 Å². The summed E-state index contributed by atoms with van der Waals surface area (Å²) in [4.78, 5) is 82.4. The zero-order valence-electron chi connectivity index (χ0n) is 29.1. The van der Waals surface area contributed by atoms with Crippen LogP contribution in [0.2, 0.25) is 0 Å². The number of hydrogen-bond acceptors (Lipinski definition) is 8. The number of aromatic amines is 1. The number of carbonyl (C=O) groups is 5. The van der Waals surface area contributed by atoms with Gasteiger partial charge in [-0.15, -0.1) is 0 Å². The molecule has 3 aromatic rings. The molecular formula is C35H46N12O6. The number of rotatable bonds is 10. The van der Waals surface area contributed by atoms with Gasteiger partial charge < -0.3 is 59.2 Å². The summed E-state index contributed by atoms with van der Waals surface area (Å²) in [7, 11) is 0. The average Bonchev–Trinajstić information content (AvgIpc) is 3.49. The fraction of sp³-hybridized carbons (Fsp3) is 0.400. The van der Waals surface area contributed by atoms with Crippen LogP contribution in [-0.4, -0.2) is 100 Å². The molecule has 0 bridgehead atoms. The molecule has 2 aromatic carbocycles. The number of H-pyrrole nitrogens is 1. The zero-order chi connectivity index (χ0) is 38.1. The number of fused-ring (bicyclic) bond motifs is 4. The summed E-state index contributed by atoms with van der Waals surface area (Å²) in [6.07, 6.45) is 0.900. The first-order valence-electron chi connectivity index (χ1n) is 17.3. The molecule has 1 aromatic heterocycles. The molecule has 18 nitrogen and oxygen atoms in total. The predicted octanol–water partition coefficient (Wildman–Crippen LogP) is -1.94. The first kappa shape index (κ1) is 37.9. The normalized spacial score (nSPS) is 21.1. The van der Waals surface area contributed by atoms with Crippen LogP contribution in [0.4, 0.5) is 0 Å². The zero-order valence-corrected chi connectivity index (χ0v) is 29.1. The number of aromatic nitrogens is 1. The Bertz CT molecular complexity index is 1880. The van der Waals surface area contributed by atoms with Crippen LogP contribution in [0, 0.1) is 0 Å². The Balaban J connectivity index is 1.51. The summed E-state index contributed by atoms with van der Waals surface area (Å²) in [5.41, 5.74) is 25.0. The van der Waals surface area contributed by atoms with Crippen molar-refractivity contribution in [2.75, 3.05) is 19.6 Å². The fourth-order valence-electron chi connectivity index (χ4n) is 6.56. The van der Waals surface area contributed by atoms with E-state index in [-0.39, 0.29) is 69.4 Å².